The Hall–Kier alpha value is -2.73. The summed E-state index contributed by atoms with van der Waals surface area (Å²) in [5.74, 6) is 1.72. The standard InChI is InChI=1S/C19H16N2O3S/c22-18(21-15-5-1-3-13-4-2-8-20-19(13)15)12-25-14-6-7-16-17(11-14)24-10-9-23-16/h1-8,11H,9-10,12H2,(H,21,22). The van der Waals surface area contributed by atoms with Crippen LogP contribution in [0.3, 0.4) is 0 Å². The number of pyridine rings is 1. The third-order valence-corrected chi connectivity index (χ3v) is 4.78. The van der Waals surface area contributed by atoms with Crippen LogP contribution in [0.4, 0.5) is 5.69 Å². The molecule has 1 aliphatic heterocycles. The van der Waals surface area contributed by atoms with Crippen molar-refractivity contribution < 1.29 is 14.3 Å². The lowest BCUT2D eigenvalue weighted by atomic mass is 10.2. The fourth-order valence-electron chi connectivity index (χ4n) is 2.65. The van der Waals surface area contributed by atoms with Crippen molar-refractivity contribution in [1.29, 1.82) is 0 Å². The highest BCUT2D eigenvalue weighted by Gasteiger charge is 2.13. The molecule has 3 aromatic rings. The van der Waals surface area contributed by atoms with E-state index in [0.29, 0.717) is 19.0 Å². The average molecular weight is 352 g/mol. The lowest BCUT2D eigenvalue weighted by Gasteiger charge is -2.18. The van der Waals surface area contributed by atoms with Crippen molar-refractivity contribution >= 4 is 34.3 Å². The van der Waals surface area contributed by atoms with Gasteiger partial charge in [0, 0.05) is 16.5 Å². The maximum Gasteiger partial charge on any atom is 0.234 e. The monoisotopic (exact) mass is 352 g/mol. The summed E-state index contributed by atoms with van der Waals surface area (Å²) in [5.41, 5.74) is 1.52. The van der Waals surface area contributed by atoms with E-state index in [4.69, 9.17) is 9.47 Å². The molecule has 0 saturated carbocycles. The first kappa shape index (κ1) is 15.8. The molecule has 4 rings (SSSR count). The molecule has 5 nitrogen and oxygen atoms in total. The van der Waals surface area contributed by atoms with Crippen molar-refractivity contribution in [3.05, 3.63) is 54.7 Å². The number of thioether (sulfide) groups is 1. The fourth-order valence-corrected chi connectivity index (χ4v) is 3.38. The third-order valence-electron chi connectivity index (χ3n) is 3.79. The van der Waals surface area contributed by atoms with Crippen LogP contribution in [-0.4, -0.2) is 29.9 Å². The van der Waals surface area contributed by atoms with Crippen LogP contribution in [0, 0.1) is 0 Å². The Balaban J connectivity index is 1.42. The van der Waals surface area contributed by atoms with Crippen molar-refractivity contribution in [2.45, 2.75) is 4.90 Å². The lowest BCUT2D eigenvalue weighted by molar-refractivity contribution is -0.113. The molecule has 0 spiro atoms. The molecule has 0 bridgehead atoms. The van der Waals surface area contributed by atoms with Crippen molar-refractivity contribution in [2.75, 3.05) is 24.3 Å². The van der Waals surface area contributed by atoms with Gasteiger partial charge in [0.15, 0.2) is 11.5 Å². The van der Waals surface area contributed by atoms with E-state index in [0.717, 1.165) is 33.0 Å². The first-order valence-electron chi connectivity index (χ1n) is 7.96. The van der Waals surface area contributed by atoms with Crippen LogP contribution in [0.15, 0.2) is 59.6 Å². The number of hydrogen-bond donors (Lipinski definition) is 1. The smallest absolute Gasteiger partial charge is 0.234 e. The molecule has 0 saturated heterocycles. The molecular formula is C19H16N2O3S. The Labute approximate surface area is 149 Å². The van der Waals surface area contributed by atoms with Crippen LogP contribution >= 0.6 is 11.8 Å². The van der Waals surface area contributed by atoms with E-state index in [2.05, 4.69) is 10.3 Å². The van der Waals surface area contributed by atoms with Gasteiger partial charge in [-0.25, -0.2) is 0 Å². The molecule has 25 heavy (non-hydrogen) atoms. The molecule has 1 amide bonds. The largest absolute Gasteiger partial charge is 0.486 e. The number of fused-ring (bicyclic) bond motifs is 2. The highest BCUT2D eigenvalue weighted by molar-refractivity contribution is 8.00. The number of carbonyl (C=O) groups excluding carboxylic acids is 1. The quantitative estimate of drug-likeness (QED) is 0.725. The summed E-state index contributed by atoms with van der Waals surface area (Å²) in [7, 11) is 0. The van der Waals surface area contributed by atoms with E-state index >= 15 is 0 Å². The summed E-state index contributed by atoms with van der Waals surface area (Å²) in [5, 5.41) is 3.94. The maximum absolute atomic E-state index is 12.3. The maximum atomic E-state index is 12.3. The van der Waals surface area contributed by atoms with Gasteiger partial charge in [-0.1, -0.05) is 18.2 Å². The molecule has 0 fully saturated rings. The number of benzene rings is 2. The second-order valence-electron chi connectivity index (χ2n) is 5.52. The number of carbonyl (C=O) groups is 1. The van der Waals surface area contributed by atoms with Gasteiger partial charge in [-0.05, 0) is 30.3 Å². The molecule has 126 valence electrons. The van der Waals surface area contributed by atoms with Crippen LogP contribution in [0.1, 0.15) is 0 Å². The van der Waals surface area contributed by atoms with Gasteiger partial charge in [-0.3, -0.25) is 9.78 Å². The molecule has 1 aromatic heterocycles. The second-order valence-corrected chi connectivity index (χ2v) is 6.57. The number of nitrogens with zero attached hydrogens (tertiary/aromatic N) is 1. The topological polar surface area (TPSA) is 60.5 Å². The Morgan fingerprint density at radius 3 is 2.84 bits per heavy atom. The van der Waals surface area contributed by atoms with Crippen LogP contribution in [0.5, 0.6) is 11.5 Å². The van der Waals surface area contributed by atoms with Gasteiger partial charge in [-0.15, -0.1) is 11.8 Å². The molecule has 2 heterocycles. The fraction of sp³-hybridized carbons (Fsp3) is 0.158. The average Bonchev–Trinajstić information content (AvgIpc) is 2.66. The number of aromatic nitrogens is 1. The van der Waals surface area contributed by atoms with Crippen LogP contribution in [0.2, 0.25) is 0 Å². The minimum Gasteiger partial charge on any atom is -0.486 e. The number of nitrogens with one attached hydrogen (secondary N) is 1. The van der Waals surface area contributed by atoms with E-state index in [9.17, 15) is 4.79 Å². The minimum absolute atomic E-state index is 0.0713. The molecular weight excluding hydrogens is 336 g/mol. The van der Waals surface area contributed by atoms with Gasteiger partial charge in [0.05, 0.1) is 17.0 Å². The number of ether oxygens (including phenoxy) is 2. The van der Waals surface area contributed by atoms with Crippen LogP contribution in [-0.2, 0) is 4.79 Å². The first-order chi connectivity index (χ1) is 12.3. The van der Waals surface area contributed by atoms with Gasteiger partial charge in [0.25, 0.3) is 0 Å². The summed E-state index contributed by atoms with van der Waals surface area (Å²) < 4.78 is 11.1. The van der Waals surface area contributed by atoms with Gasteiger partial charge < -0.3 is 14.8 Å². The van der Waals surface area contributed by atoms with E-state index in [1.807, 2.05) is 48.5 Å². The Bertz CT molecular complexity index is 924. The van der Waals surface area contributed by atoms with Crippen molar-refractivity contribution in [2.24, 2.45) is 0 Å². The summed E-state index contributed by atoms with van der Waals surface area (Å²) in [6.07, 6.45) is 1.72. The van der Waals surface area contributed by atoms with Crippen molar-refractivity contribution in [3.8, 4) is 11.5 Å². The zero-order chi connectivity index (χ0) is 17.1. The highest BCUT2D eigenvalue weighted by atomic mass is 32.2. The zero-order valence-electron chi connectivity index (χ0n) is 13.4. The predicted octanol–water partition coefficient (Wildman–Crippen LogP) is 3.74. The number of amides is 1. The Kier molecular flexibility index (Phi) is 4.43. The number of hydrogen-bond acceptors (Lipinski definition) is 5. The summed E-state index contributed by atoms with van der Waals surface area (Å²) in [6.45, 7) is 1.12. The number of para-hydroxylation sites is 1. The molecule has 0 atom stereocenters. The van der Waals surface area contributed by atoms with Gasteiger partial charge >= 0.3 is 0 Å². The van der Waals surface area contributed by atoms with E-state index < -0.39 is 0 Å². The summed E-state index contributed by atoms with van der Waals surface area (Å²) in [6, 6.07) is 15.3. The summed E-state index contributed by atoms with van der Waals surface area (Å²) >= 11 is 1.46. The zero-order valence-corrected chi connectivity index (χ0v) is 14.2. The number of anilines is 1. The highest BCUT2D eigenvalue weighted by Crippen LogP contribution is 2.34. The van der Waals surface area contributed by atoms with Crippen molar-refractivity contribution in [1.82, 2.24) is 4.98 Å². The van der Waals surface area contributed by atoms with Crippen LogP contribution < -0.4 is 14.8 Å². The molecule has 6 heteroatoms. The minimum atomic E-state index is -0.0713. The normalized spacial score (nSPS) is 12.8. The molecule has 1 N–H and O–H groups in total. The Morgan fingerprint density at radius 1 is 1.08 bits per heavy atom. The predicted molar refractivity (Wildman–Crippen MR) is 98.5 cm³/mol. The Morgan fingerprint density at radius 2 is 1.92 bits per heavy atom. The SMILES string of the molecule is O=C(CSc1ccc2c(c1)OCCO2)Nc1cccc2cccnc12. The second kappa shape index (κ2) is 7.03. The van der Waals surface area contributed by atoms with E-state index in [1.165, 1.54) is 11.8 Å². The summed E-state index contributed by atoms with van der Waals surface area (Å²) in [4.78, 5) is 17.6. The first-order valence-corrected chi connectivity index (χ1v) is 8.94. The molecule has 0 aliphatic carbocycles. The lowest BCUT2D eigenvalue weighted by Crippen LogP contribution is -2.15. The third kappa shape index (κ3) is 3.53. The number of rotatable bonds is 4. The molecule has 0 unspecified atom stereocenters. The molecule has 0 radical (unpaired) electrons. The van der Waals surface area contributed by atoms with E-state index in [-0.39, 0.29) is 5.91 Å². The van der Waals surface area contributed by atoms with Gasteiger partial charge in [-0.2, -0.15) is 0 Å². The van der Waals surface area contributed by atoms with Crippen LogP contribution in [0.25, 0.3) is 10.9 Å². The van der Waals surface area contributed by atoms with Gasteiger partial charge in [0.1, 0.15) is 13.2 Å². The van der Waals surface area contributed by atoms with Gasteiger partial charge in [0.2, 0.25) is 5.91 Å². The molecule has 2 aromatic carbocycles. The molecule has 1 aliphatic rings. The van der Waals surface area contributed by atoms with E-state index in [1.54, 1.807) is 6.20 Å². The van der Waals surface area contributed by atoms with Crippen molar-refractivity contribution in [3.63, 3.8) is 0 Å².